The van der Waals surface area contributed by atoms with Gasteiger partial charge in [0.1, 0.15) is 13.1 Å². The van der Waals surface area contributed by atoms with Gasteiger partial charge in [-0.2, -0.15) is 0 Å². The Hall–Kier alpha value is -2.25. The molecule has 146 valence electrons. The second-order valence-corrected chi connectivity index (χ2v) is 7.30. The number of nitrogens with zero attached hydrogens (tertiary/aromatic N) is 1. The van der Waals surface area contributed by atoms with Crippen LogP contribution in [0.4, 0.5) is 0 Å². The van der Waals surface area contributed by atoms with Crippen LogP contribution in [0.3, 0.4) is 0 Å². The van der Waals surface area contributed by atoms with Crippen molar-refractivity contribution in [3.8, 4) is 0 Å². The van der Waals surface area contributed by atoms with Gasteiger partial charge in [0.2, 0.25) is 10.4 Å². The van der Waals surface area contributed by atoms with Crippen molar-refractivity contribution in [3.63, 3.8) is 0 Å². The van der Waals surface area contributed by atoms with Crippen LogP contribution < -0.4 is 0 Å². The van der Waals surface area contributed by atoms with Crippen LogP contribution in [0.15, 0.2) is 86.0 Å². The molecule has 0 spiro atoms. The first-order valence-corrected chi connectivity index (χ1v) is 9.83. The first-order chi connectivity index (χ1) is 12.8. The molecule has 0 heterocycles. The SMILES string of the molecule is C=CC[N+](CC=C)(Cc1ccccc1)Cc1ccccc1.COS(=O)(=O)[O-]. The Morgan fingerprint density at radius 2 is 1.22 bits per heavy atom. The number of rotatable bonds is 9. The summed E-state index contributed by atoms with van der Waals surface area (Å²) in [5.41, 5.74) is 2.72. The van der Waals surface area contributed by atoms with E-state index in [0.717, 1.165) is 37.8 Å². The highest BCUT2D eigenvalue weighted by atomic mass is 32.3. The lowest BCUT2D eigenvalue weighted by Gasteiger charge is -2.37. The van der Waals surface area contributed by atoms with Gasteiger partial charge in [-0.05, 0) is 12.2 Å². The molecule has 5 nitrogen and oxygen atoms in total. The Balaban J connectivity index is 0.000000527. The zero-order chi connectivity index (χ0) is 20.2. The molecule has 0 radical (unpaired) electrons. The topological polar surface area (TPSA) is 66.4 Å². The summed E-state index contributed by atoms with van der Waals surface area (Å²) in [6.07, 6.45) is 4.05. The Morgan fingerprint density at radius 1 is 0.889 bits per heavy atom. The molecule has 0 amide bonds. The fourth-order valence-electron chi connectivity index (χ4n) is 2.88. The second-order valence-electron chi connectivity index (χ2n) is 6.15. The maximum atomic E-state index is 9.22. The van der Waals surface area contributed by atoms with Gasteiger partial charge in [-0.15, -0.1) is 0 Å². The van der Waals surface area contributed by atoms with Crippen molar-refractivity contribution in [1.82, 2.24) is 0 Å². The lowest BCUT2D eigenvalue weighted by molar-refractivity contribution is -0.943. The molecule has 0 aliphatic carbocycles. The van der Waals surface area contributed by atoms with Crippen LogP contribution in [-0.2, 0) is 27.7 Å². The van der Waals surface area contributed by atoms with E-state index < -0.39 is 10.4 Å². The summed E-state index contributed by atoms with van der Waals surface area (Å²) in [5.74, 6) is 0. The van der Waals surface area contributed by atoms with Crippen LogP contribution >= 0.6 is 0 Å². The van der Waals surface area contributed by atoms with Gasteiger partial charge in [0.15, 0.2) is 0 Å². The first kappa shape index (κ1) is 22.8. The van der Waals surface area contributed by atoms with Crippen molar-refractivity contribution in [2.45, 2.75) is 13.1 Å². The molecule has 2 aromatic rings. The summed E-state index contributed by atoms with van der Waals surface area (Å²) in [7, 11) is -3.60. The number of benzene rings is 2. The minimum atomic E-state index is -4.41. The minimum Gasteiger partial charge on any atom is -0.726 e. The predicted molar refractivity (Wildman–Crippen MR) is 107 cm³/mol. The number of quaternary nitrogens is 1. The van der Waals surface area contributed by atoms with E-state index in [1.165, 1.54) is 11.1 Å². The van der Waals surface area contributed by atoms with E-state index >= 15 is 0 Å². The van der Waals surface area contributed by atoms with Crippen molar-refractivity contribution in [2.75, 3.05) is 20.2 Å². The lowest BCUT2D eigenvalue weighted by atomic mass is 10.1. The molecule has 0 aliphatic heterocycles. The van der Waals surface area contributed by atoms with E-state index in [1.807, 2.05) is 12.2 Å². The number of hydrogen-bond acceptors (Lipinski definition) is 4. The normalized spacial score (nSPS) is 11.2. The largest absolute Gasteiger partial charge is 0.726 e. The lowest BCUT2D eigenvalue weighted by Crippen LogP contribution is -2.46. The molecule has 0 fully saturated rings. The molecule has 0 aliphatic rings. The smallest absolute Gasteiger partial charge is 0.217 e. The molecule has 0 N–H and O–H groups in total. The molecule has 0 bridgehead atoms. The van der Waals surface area contributed by atoms with Crippen LogP contribution in [0.1, 0.15) is 11.1 Å². The molecule has 0 aromatic heterocycles. The quantitative estimate of drug-likeness (QED) is 0.284. The summed E-state index contributed by atoms with van der Waals surface area (Å²) in [6.45, 7) is 11.8. The van der Waals surface area contributed by atoms with Gasteiger partial charge in [-0.3, -0.25) is 4.18 Å². The van der Waals surface area contributed by atoms with Gasteiger partial charge >= 0.3 is 0 Å². The molecule has 2 aromatic carbocycles. The second kappa shape index (κ2) is 11.5. The van der Waals surface area contributed by atoms with Gasteiger partial charge in [0, 0.05) is 11.1 Å². The molecular formula is C21H27NO4S. The van der Waals surface area contributed by atoms with Gasteiger partial charge in [-0.25, -0.2) is 8.42 Å². The zero-order valence-electron chi connectivity index (χ0n) is 15.7. The molecule has 0 unspecified atom stereocenters. The minimum absolute atomic E-state index is 0.808. The molecule has 0 saturated heterocycles. The Labute approximate surface area is 162 Å². The van der Waals surface area contributed by atoms with Gasteiger partial charge in [-0.1, -0.05) is 73.8 Å². The molecule has 2 rings (SSSR count). The van der Waals surface area contributed by atoms with Crippen molar-refractivity contribution in [2.24, 2.45) is 0 Å². The number of hydrogen-bond donors (Lipinski definition) is 0. The monoisotopic (exact) mass is 389 g/mol. The molecule has 27 heavy (non-hydrogen) atoms. The van der Waals surface area contributed by atoms with Crippen molar-refractivity contribution in [1.29, 1.82) is 0 Å². The van der Waals surface area contributed by atoms with Crippen molar-refractivity contribution in [3.05, 3.63) is 97.1 Å². The van der Waals surface area contributed by atoms with Crippen LogP contribution in [0.2, 0.25) is 0 Å². The van der Waals surface area contributed by atoms with Crippen LogP contribution in [0.5, 0.6) is 0 Å². The van der Waals surface area contributed by atoms with Gasteiger partial charge in [0.05, 0.1) is 20.2 Å². The Kier molecular flexibility index (Phi) is 9.67. The van der Waals surface area contributed by atoms with E-state index in [0.29, 0.717) is 0 Å². The maximum absolute atomic E-state index is 9.22. The van der Waals surface area contributed by atoms with E-state index in [2.05, 4.69) is 78.0 Å². The van der Waals surface area contributed by atoms with E-state index in [1.54, 1.807) is 0 Å². The molecule has 6 heteroatoms. The Morgan fingerprint density at radius 3 is 1.48 bits per heavy atom. The van der Waals surface area contributed by atoms with E-state index in [4.69, 9.17) is 0 Å². The third-order valence-electron chi connectivity index (χ3n) is 3.96. The summed E-state index contributed by atoms with van der Waals surface area (Å²) < 4.78 is 32.0. The highest BCUT2D eigenvalue weighted by Gasteiger charge is 2.25. The Bertz CT molecular complexity index is 736. The highest BCUT2D eigenvalue weighted by molar-refractivity contribution is 7.80. The first-order valence-electron chi connectivity index (χ1n) is 8.50. The van der Waals surface area contributed by atoms with Crippen molar-refractivity contribution >= 4 is 10.4 Å². The molecule has 0 atom stereocenters. The average molecular weight is 390 g/mol. The zero-order valence-corrected chi connectivity index (χ0v) is 16.5. The summed E-state index contributed by atoms with van der Waals surface area (Å²) in [6, 6.07) is 21.3. The van der Waals surface area contributed by atoms with Crippen molar-refractivity contribution < 1.29 is 21.6 Å². The summed E-state index contributed by atoms with van der Waals surface area (Å²) in [4.78, 5) is 0. The van der Waals surface area contributed by atoms with Crippen LogP contribution in [0.25, 0.3) is 0 Å². The highest BCUT2D eigenvalue weighted by Crippen LogP contribution is 2.20. The van der Waals surface area contributed by atoms with Gasteiger partial charge < -0.3 is 9.04 Å². The standard InChI is InChI=1S/C20H24N.CH4O4S/c1-3-15-21(16-4-2,17-19-11-7-5-8-12-19)18-20-13-9-6-10-14-20;1-5-6(2,3)4/h3-14H,1-2,15-18H2;1H3,(H,2,3,4)/q+1;/p-1. The predicted octanol–water partition coefficient (Wildman–Crippen LogP) is 3.67. The molecular weight excluding hydrogens is 362 g/mol. The molecule has 0 saturated carbocycles. The van der Waals surface area contributed by atoms with Gasteiger partial charge in [0.25, 0.3) is 0 Å². The average Bonchev–Trinajstić information content (AvgIpc) is 2.64. The van der Waals surface area contributed by atoms with E-state index in [-0.39, 0.29) is 0 Å². The van der Waals surface area contributed by atoms with E-state index in [9.17, 15) is 13.0 Å². The fourth-order valence-corrected chi connectivity index (χ4v) is 2.88. The maximum Gasteiger partial charge on any atom is 0.217 e. The van der Waals surface area contributed by atoms with Crippen LogP contribution in [0, 0.1) is 0 Å². The summed E-state index contributed by atoms with van der Waals surface area (Å²) in [5, 5.41) is 0. The fraction of sp³-hybridized carbons (Fsp3) is 0.238. The third-order valence-corrected chi connectivity index (χ3v) is 4.37. The third kappa shape index (κ3) is 9.30. The van der Waals surface area contributed by atoms with Crippen LogP contribution in [-0.4, -0.2) is 37.7 Å². The summed E-state index contributed by atoms with van der Waals surface area (Å²) >= 11 is 0.